The highest BCUT2D eigenvalue weighted by atomic mass is 15.1. The Kier molecular flexibility index (Phi) is 2.27. The molecule has 2 rings (SSSR count). The van der Waals surface area contributed by atoms with Crippen molar-refractivity contribution in [2.75, 3.05) is 11.1 Å². The highest BCUT2D eigenvalue weighted by Gasteiger charge is 1.95. The van der Waals surface area contributed by atoms with E-state index in [2.05, 4.69) is 15.3 Å². The van der Waals surface area contributed by atoms with E-state index in [1.165, 1.54) is 0 Å². The number of rotatable bonds is 2. The maximum Gasteiger partial charge on any atom is 0.227 e. The fraction of sp³-hybridized carbons (Fsp3) is 0. The third-order valence-corrected chi connectivity index (χ3v) is 1.71. The maximum absolute atomic E-state index is 5.63. The van der Waals surface area contributed by atoms with E-state index >= 15 is 0 Å². The summed E-state index contributed by atoms with van der Waals surface area (Å²) in [5.74, 6) is 0.568. The molecule has 0 fully saturated rings. The lowest BCUT2D eigenvalue weighted by molar-refractivity contribution is 1.17. The van der Waals surface area contributed by atoms with Crippen LogP contribution in [-0.4, -0.2) is 9.97 Å². The molecule has 0 spiro atoms. The van der Waals surface area contributed by atoms with E-state index in [-0.39, 0.29) is 0 Å². The Balaban J connectivity index is 2.19. The van der Waals surface area contributed by atoms with Crippen LogP contribution in [0.2, 0.25) is 0 Å². The summed E-state index contributed by atoms with van der Waals surface area (Å²) in [6, 6.07) is 9.21. The zero-order valence-corrected chi connectivity index (χ0v) is 7.51. The maximum atomic E-state index is 5.63. The molecule has 1 aromatic heterocycles. The number of benzene rings is 1. The smallest absolute Gasteiger partial charge is 0.227 e. The van der Waals surface area contributed by atoms with Gasteiger partial charge >= 0.3 is 0 Å². The van der Waals surface area contributed by atoms with Gasteiger partial charge in [0, 0.05) is 23.8 Å². The van der Waals surface area contributed by atoms with E-state index in [0.717, 1.165) is 5.69 Å². The van der Waals surface area contributed by atoms with Gasteiger partial charge in [-0.15, -0.1) is 0 Å². The van der Waals surface area contributed by atoms with Crippen molar-refractivity contribution in [1.29, 1.82) is 0 Å². The molecule has 70 valence electrons. The van der Waals surface area contributed by atoms with Gasteiger partial charge in [-0.1, -0.05) is 6.07 Å². The SMILES string of the molecule is Nc1cccc(Nc2ncccn2)c1. The van der Waals surface area contributed by atoms with Crippen molar-refractivity contribution in [2.24, 2.45) is 0 Å². The minimum Gasteiger partial charge on any atom is -0.399 e. The molecule has 0 saturated carbocycles. The van der Waals surface area contributed by atoms with Gasteiger partial charge in [-0.05, 0) is 24.3 Å². The molecule has 2 aromatic rings. The van der Waals surface area contributed by atoms with Gasteiger partial charge in [-0.3, -0.25) is 0 Å². The fourth-order valence-corrected chi connectivity index (χ4v) is 1.11. The predicted octanol–water partition coefficient (Wildman–Crippen LogP) is 1.80. The third kappa shape index (κ3) is 1.98. The zero-order valence-electron chi connectivity index (χ0n) is 7.51. The quantitative estimate of drug-likeness (QED) is 0.702. The number of hydrogen-bond donors (Lipinski definition) is 2. The van der Waals surface area contributed by atoms with E-state index in [9.17, 15) is 0 Å². The van der Waals surface area contributed by atoms with Gasteiger partial charge in [-0.2, -0.15) is 0 Å². The molecule has 3 N–H and O–H groups in total. The van der Waals surface area contributed by atoms with Gasteiger partial charge in [0.1, 0.15) is 0 Å². The lowest BCUT2D eigenvalue weighted by atomic mass is 10.3. The van der Waals surface area contributed by atoms with Crippen molar-refractivity contribution in [3.8, 4) is 0 Å². The normalized spacial score (nSPS) is 9.71. The van der Waals surface area contributed by atoms with Crippen molar-refractivity contribution in [1.82, 2.24) is 9.97 Å². The number of aromatic nitrogens is 2. The monoisotopic (exact) mass is 186 g/mol. The number of nitrogens with one attached hydrogen (secondary N) is 1. The fourth-order valence-electron chi connectivity index (χ4n) is 1.11. The van der Waals surface area contributed by atoms with Crippen molar-refractivity contribution in [2.45, 2.75) is 0 Å². The number of nitrogen functional groups attached to an aromatic ring is 1. The second-order valence-corrected chi connectivity index (χ2v) is 2.82. The molecule has 0 aliphatic carbocycles. The van der Waals surface area contributed by atoms with E-state index < -0.39 is 0 Å². The summed E-state index contributed by atoms with van der Waals surface area (Å²) in [7, 11) is 0. The van der Waals surface area contributed by atoms with Crippen molar-refractivity contribution in [3.05, 3.63) is 42.7 Å². The average molecular weight is 186 g/mol. The van der Waals surface area contributed by atoms with Crippen LogP contribution in [0.5, 0.6) is 0 Å². The molecular weight excluding hydrogens is 176 g/mol. The van der Waals surface area contributed by atoms with Crippen molar-refractivity contribution in [3.63, 3.8) is 0 Å². The summed E-state index contributed by atoms with van der Waals surface area (Å²) in [6.07, 6.45) is 3.36. The molecule has 0 unspecified atom stereocenters. The Morgan fingerprint density at radius 2 is 1.86 bits per heavy atom. The highest BCUT2D eigenvalue weighted by Crippen LogP contribution is 2.14. The molecule has 0 atom stereocenters. The average Bonchev–Trinajstić information content (AvgIpc) is 2.19. The standard InChI is InChI=1S/C10H10N4/c11-8-3-1-4-9(7-8)14-10-12-5-2-6-13-10/h1-7H,11H2,(H,12,13,14). The number of nitrogens with two attached hydrogens (primary N) is 1. The molecular formula is C10H10N4. The topological polar surface area (TPSA) is 63.8 Å². The molecule has 0 aliphatic rings. The van der Waals surface area contributed by atoms with Gasteiger partial charge in [0.15, 0.2) is 0 Å². The molecule has 14 heavy (non-hydrogen) atoms. The minimum atomic E-state index is 0.568. The second kappa shape index (κ2) is 3.74. The first-order valence-electron chi connectivity index (χ1n) is 4.24. The molecule has 1 heterocycles. The van der Waals surface area contributed by atoms with E-state index in [1.807, 2.05) is 24.3 Å². The molecule has 0 saturated heterocycles. The van der Waals surface area contributed by atoms with Crippen LogP contribution in [0.15, 0.2) is 42.7 Å². The summed E-state index contributed by atoms with van der Waals surface area (Å²) in [4.78, 5) is 8.08. The minimum absolute atomic E-state index is 0.568. The van der Waals surface area contributed by atoms with Crippen LogP contribution in [0.1, 0.15) is 0 Å². The first-order chi connectivity index (χ1) is 6.84. The summed E-state index contributed by atoms with van der Waals surface area (Å²) >= 11 is 0. The first kappa shape index (κ1) is 8.50. The summed E-state index contributed by atoms with van der Waals surface area (Å²) in [5.41, 5.74) is 7.23. The van der Waals surface area contributed by atoms with Gasteiger partial charge in [0.2, 0.25) is 5.95 Å². The van der Waals surface area contributed by atoms with Crippen LogP contribution in [0.4, 0.5) is 17.3 Å². The first-order valence-corrected chi connectivity index (χ1v) is 4.24. The highest BCUT2D eigenvalue weighted by molar-refractivity contribution is 5.59. The van der Waals surface area contributed by atoms with Crippen LogP contribution in [0.3, 0.4) is 0 Å². The molecule has 4 heteroatoms. The number of anilines is 3. The van der Waals surface area contributed by atoms with Crippen molar-refractivity contribution < 1.29 is 0 Å². The zero-order chi connectivity index (χ0) is 9.80. The Hall–Kier alpha value is -2.10. The van der Waals surface area contributed by atoms with Gasteiger partial charge in [0.25, 0.3) is 0 Å². The summed E-state index contributed by atoms with van der Waals surface area (Å²) < 4.78 is 0. The number of hydrogen-bond acceptors (Lipinski definition) is 4. The van der Waals surface area contributed by atoms with Crippen LogP contribution in [0.25, 0.3) is 0 Å². The Bertz CT molecular complexity index is 413. The summed E-state index contributed by atoms with van der Waals surface area (Å²) in [5, 5.41) is 3.04. The van der Waals surface area contributed by atoms with Crippen LogP contribution < -0.4 is 11.1 Å². The van der Waals surface area contributed by atoms with Crippen LogP contribution >= 0.6 is 0 Å². The van der Waals surface area contributed by atoms with E-state index in [0.29, 0.717) is 11.6 Å². The van der Waals surface area contributed by atoms with Crippen LogP contribution in [-0.2, 0) is 0 Å². The lowest BCUT2D eigenvalue weighted by Gasteiger charge is -2.03. The molecule has 0 radical (unpaired) electrons. The number of nitrogens with zero attached hydrogens (tertiary/aromatic N) is 2. The predicted molar refractivity (Wildman–Crippen MR) is 56.2 cm³/mol. The lowest BCUT2D eigenvalue weighted by Crippen LogP contribution is -1.96. The van der Waals surface area contributed by atoms with Crippen molar-refractivity contribution >= 4 is 17.3 Å². The van der Waals surface area contributed by atoms with Gasteiger partial charge in [-0.25, -0.2) is 9.97 Å². The van der Waals surface area contributed by atoms with E-state index in [4.69, 9.17) is 5.73 Å². The molecule has 0 amide bonds. The molecule has 4 nitrogen and oxygen atoms in total. The second-order valence-electron chi connectivity index (χ2n) is 2.82. The largest absolute Gasteiger partial charge is 0.399 e. The van der Waals surface area contributed by atoms with Gasteiger partial charge < -0.3 is 11.1 Å². The van der Waals surface area contributed by atoms with Gasteiger partial charge in [0.05, 0.1) is 0 Å². The Labute approximate surface area is 81.8 Å². The Morgan fingerprint density at radius 1 is 1.07 bits per heavy atom. The van der Waals surface area contributed by atoms with Crippen LogP contribution in [0, 0.1) is 0 Å². The molecule has 0 bridgehead atoms. The van der Waals surface area contributed by atoms with E-state index in [1.54, 1.807) is 18.5 Å². The molecule has 0 aliphatic heterocycles. The Morgan fingerprint density at radius 3 is 2.57 bits per heavy atom. The third-order valence-electron chi connectivity index (χ3n) is 1.71. The molecule has 1 aromatic carbocycles. The summed E-state index contributed by atoms with van der Waals surface area (Å²) in [6.45, 7) is 0.